The van der Waals surface area contributed by atoms with E-state index >= 15 is 0 Å². The van der Waals surface area contributed by atoms with E-state index in [0.717, 1.165) is 89.9 Å². The molecule has 0 aromatic carbocycles. The highest BCUT2D eigenvalue weighted by Crippen LogP contribution is 2.12. The molecular formula is C43H75NO6. The van der Waals surface area contributed by atoms with Gasteiger partial charge in [0.2, 0.25) is 0 Å². The first-order valence-electron chi connectivity index (χ1n) is 20.1. The monoisotopic (exact) mass is 702 g/mol. The number of unbranched alkanes of at least 4 members (excludes halogenated alkanes) is 16. The van der Waals surface area contributed by atoms with Crippen molar-refractivity contribution in [2.75, 3.05) is 33.9 Å². The van der Waals surface area contributed by atoms with Gasteiger partial charge in [0.25, 0.3) is 0 Å². The number of carbonyl (C=O) groups excluding carboxylic acids is 3. The molecule has 0 radical (unpaired) electrons. The zero-order valence-corrected chi connectivity index (χ0v) is 32.7. The molecule has 288 valence electrons. The van der Waals surface area contributed by atoms with Gasteiger partial charge in [0.1, 0.15) is 13.2 Å². The Kier molecular flexibility index (Phi) is 35.6. The van der Waals surface area contributed by atoms with Crippen LogP contribution in [0.3, 0.4) is 0 Å². The standard InChI is InChI=1S/C43H75NO6/c1-5-7-9-11-13-15-17-19-21-23-25-27-29-31-33-35-41(45)48-38-40(39-49-43(47)37-44(3)4)50-42(46)36-34-32-30-28-26-24-22-20-18-16-14-12-10-8-6-2/h13-16,19-22,40H,5-12,17-18,23-39H2,1-4H3/b15-13-,16-14-,21-19-,22-20-. The lowest BCUT2D eigenvalue weighted by Gasteiger charge is -2.19. The Morgan fingerprint density at radius 2 is 0.860 bits per heavy atom. The summed E-state index contributed by atoms with van der Waals surface area (Å²) in [7, 11) is 3.55. The molecule has 0 rings (SSSR count). The van der Waals surface area contributed by atoms with Gasteiger partial charge in [0.15, 0.2) is 6.10 Å². The molecule has 0 aliphatic carbocycles. The number of likely N-dealkylation sites (N-methyl/N-ethyl adjacent to an activating group) is 1. The third-order valence-corrected chi connectivity index (χ3v) is 8.27. The third kappa shape index (κ3) is 36.6. The number of esters is 3. The van der Waals surface area contributed by atoms with Gasteiger partial charge in [0.05, 0.1) is 6.54 Å². The summed E-state index contributed by atoms with van der Waals surface area (Å²) in [6.45, 7) is 4.35. The number of hydrogen-bond donors (Lipinski definition) is 0. The Bertz CT molecular complexity index is 922. The Morgan fingerprint density at radius 3 is 1.30 bits per heavy atom. The van der Waals surface area contributed by atoms with Gasteiger partial charge in [-0.1, -0.05) is 127 Å². The van der Waals surface area contributed by atoms with E-state index in [1.807, 2.05) is 0 Å². The Morgan fingerprint density at radius 1 is 0.480 bits per heavy atom. The fourth-order valence-electron chi connectivity index (χ4n) is 5.27. The van der Waals surface area contributed by atoms with Crippen LogP contribution in [-0.2, 0) is 28.6 Å². The molecule has 0 spiro atoms. The van der Waals surface area contributed by atoms with Gasteiger partial charge in [-0.15, -0.1) is 0 Å². The van der Waals surface area contributed by atoms with E-state index < -0.39 is 12.1 Å². The predicted molar refractivity (Wildman–Crippen MR) is 209 cm³/mol. The van der Waals surface area contributed by atoms with Crippen LogP contribution in [0.25, 0.3) is 0 Å². The zero-order valence-electron chi connectivity index (χ0n) is 32.7. The van der Waals surface area contributed by atoms with E-state index in [2.05, 4.69) is 62.5 Å². The molecule has 0 aromatic rings. The number of allylic oxidation sites excluding steroid dienone is 8. The van der Waals surface area contributed by atoms with Gasteiger partial charge in [-0.05, 0) is 91.1 Å². The number of rotatable bonds is 35. The average molecular weight is 702 g/mol. The van der Waals surface area contributed by atoms with Crippen LogP contribution in [-0.4, -0.2) is 62.8 Å². The van der Waals surface area contributed by atoms with Crippen molar-refractivity contribution in [3.05, 3.63) is 48.6 Å². The molecule has 0 aromatic heterocycles. The first-order valence-corrected chi connectivity index (χ1v) is 20.1. The van der Waals surface area contributed by atoms with E-state index in [-0.39, 0.29) is 31.7 Å². The maximum atomic E-state index is 12.6. The average Bonchev–Trinajstić information content (AvgIpc) is 3.09. The summed E-state index contributed by atoms with van der Waals surface area (Å²) in [4.78, 5) is 38.7. The van der Waals surface area contributed by atoms with E-state index in [1.54, 1.807) is 19.0 Å². The lowest BCUT2D eigenvalue weighted by Crippen LogP contribution is -2.33. The van der Waals surface area contributed by atoms with Gasteiger partial charge in [0, 0.05) is 12.8 Å². The molecule has 0 fully saturated rings. The topological polar surface area (TPSA) is 82.1 Å². The van der Waals surface area contributed by atoms with Crippen molar-refractivity contribution in [1.29, 1.82) is 0 Å². The van der Waals surface area contributed by atoms with E-state index in [4.69, 9.17) is 14.2 Å². The van der Waals surface area contributed by atoms with Crippen molar-refractivity contribution >= 4 is 17.9 Å². The molecular weight excluding hydrogens is 626 g/mol. The number of hydrogen-bond acceptors (Lipinski definition) is 7. The van der Waals surface area contributed by atoms with E-state index in [1.165, 1.54) is 51.4 Å². The molecule has 0 N–H and O–H groups in total. The molecule has 0 bridgehead atoms. The van der Waals surface area contributed by atoms with E-state index in [9.17, 15) is 14.4 Å². The van der Waals surface area contributed by atoms with Crippen LogP contribution < -0.4 is 0 Å². The van der Waals surface area contributed by atoms with Crippen molar-refractivity contribution in [2.24, 2.45) is 0 Å². The van der Waals surface area contributed by atoms with Crippen LogP contribution in [0.15, 0.2) is 48.6 Å². The SMILES string of the molecule is CCCCC/C=C\C/C=C\CCCCCCCC(=O)OCC(COC(=O)CN(C)C)OC(=O)CCCCCCC/C=C\C/C=C\CCCCC. The highest BCUT2D eigenvalue weighted by Gasteiger charge is 2.19. The van der Waals surface area contributed by atoms with Crippen LogP contribution in [0.1, 0.15) is 168 Å². The van der Waals surface area contributed by atoms with Gasteiger partial charge < -0.3 is 14.2 Å². The van der Waals surface area contributed by atoms with Crippen LogP contribution in [0, 0.1) is 0 Å². The largest absolute Gasteiger partial charge is 0.462 e. The lowest BCUT2D eigenvalue weighted by atomic mass is 10.1. The molecule has 0 aliphatic heterocycles. The van der Waals surface area contributed by atoms with Gasteiger partial charge in [-0.25, -0.2) is 0 Å². The molecule has 50 heavy (non-hydrogen) atoms. The Hall–Kier alpha value is -2.67. The normalized spacial score (nSPS) is 12.6. The van der Waals surface area contributed by atoms with Crippen LogP contribution in [0.2, 0.25) is 0 Å². The summed E-state index contributed by atoms with van der Waals surface area (Å²) >= 11 is 0. The van der Waals surface area contributed by atoms with Crippen LogP contribution in [0.5, 0.6) is 0 Å². The summed E-state index contributed by atoms with van der Waals surface area (Å²) in [5, 5.41) is 0. The van der Waals surface area contributed by atoms with Gasteiger partial charge in [-0.3, -0.25) is 19.3 Å². The second kappa shape index (κ2) is 37.6. The van der Waals surface area contributed by atoms with E-state index in [0.29, 0.717) is 12.8 Å². The third-order valence-electron chi connectivity index (χ3n) is 8.27. The van der Waals surface area contributed by atoms with Crippen molar-refractivity contribution in [3.63, 3.8) is 0 Å². The molecule has 7 heteroatoms. The molecule has 1 atom stereocenters. The minimum atomic E-state index is -0.805. The Balaban J connectivity index is 4.16. The van der Waals surface area contributed by atoms with Crippen LogP contribution in [0.4, 0.5) is 0 Å². The molecule has 1 unspecified atom stereocenters. The first-order chi connectivity index (χ1) is 24.4. The zero-order chi connectivity index (χ0) is 36.8. The summed E-state index contributed by atoms with van der Waals surface area (Å²) in [5.74, 6) is -1.08. The molecule has 7 nitrogen and oxygen atoms in total. The molecule has 0 heterocycles. The number of ether oxygens (including phenoxy) is 3. The summed E-state index contributed by atoms with van der Waals surface area (Å²) in [6.07, 6.45) is 42.5. The summed E-state index contributed by atoms with van der Waals surface area (Å²) < 4.78 is 16.3. The summed E-state index contributed by atoms with van der Waals surface area (Å²) in [6, 6.07) is 0. The predicted octanol–water partition coefficient (Wildman–Crippen LogP) is 11.2. The lowest BCUT2D eigenvalue weighted by molar-refractivity contribution is -0.167. The van der Waals surface area contributed by atoms with Gasteiger partial charge in [-0.2, -0.15) is 0 Å². The van der Waals surface area contributed by atoms with Gasteiger partial charge >= 0.3 is 17.9 Å². The quantitative estimate of drug-likeness (QED) is 0.0281. The molecule has 0 saturated heterocycles. The van der Waals surface area contributed by atoms with Crippen molar-refractivity contribution in [1.82, 2.24) is 4.90 Å². The van der Waals surface area contributed by atoms with Crippen LogP contribution >= 0.6 is 0 Å². The maximum absolute atomic E-state index is 12.6. The minimum absolute atomic E-state index is 0.109. The molecule has 0 saturated carbocycles. The smallest absolute Gasteiger partial charge is 0.320 e. The number of nitrogens with zero attached hydrogens (tertiary/aromatic N) is 1. The molecule has 0 aliphatic rings. The summed E-state index contributed by atoms with van der Waals surface area (Å²) in [5.41, 5.74) is 0. The second-order valence-electron chi connectivity index (χ2n) is 13.7. The van der Waals surface area contributed by atoms with Crippen molar-refractivity contribution in [2.45, 2.75) is 174 Å². The number of carbonyl (C=O) groups is 3. The minimum Gasteiger partial charge on any atom is -0.462 e. The first kappa shape index (κ1) is 47.3. The maximum Gasteiger partial charge on any atom is 0.320 e. The fourth-order valence-corrected chi connectivity index (χ4v) is 5.27. The highest BCUT2D eigenvalue weighted by atomic mass is 16.6. The molecule has 0 amide bonds. The Labute approximate surface area is 307 Å². The van der Waals surface area contributed by atoms with Crippen molar-refractivity contribution in [3.8, 4) is 0 Å². The fraction of sp³-hybridized carbons (Fsp3) is 0.744. The second-order valence-corrected chi connectivity index (χ2v) is 13.7. The highest BCUT2D eigenvalue weighted by molar-refractivity contribution is 5.72. The van der Waals surface area contributed by atoms with Crippen molar-refractivity contribution < 1.29 is 28.6 Å².